The van der Waals surface area contributed by atoms with E-state index in [4.69, 9.17) is 16.4 Å². The Balaban J connectivity index is 1.48. The maximum absolute atomic E-state index is 6.02. The molecular formula is C62H74N4S2. The van der Waals surface area contributed by atoms with Gasteiger partial charge in [-0.2, -0.15) is 0 Å². The van der Waals surface area contributed by atoms with Crippen molar-refractivity contribution in [3.05, 3.63) is 102 Å². The van der Waals surface area contributed by atoms with Crippen LogP contribution in [-0.2, 0) is 38.5 Å². The van der Waals surface area contributed by atoms with Crippen molar-refractivity contribution in [3.8, 4) is 45.8 Å². The number of rotatable bonds is 19. The molecule has 0 saturated carbocycles. The molecule has 0 saturated heterocycles. The SMILES string of the molecule is C#Cc1cc(CCCCCC)c(-c2sc(C#CC#Cc3c4nc(cc5[nH]c(cc6[nH]c(cc7nc3C(CC)=C7CC)c(CC)c6CC)c(CC)c5CC)C(CC)=C4CC)cc2CCCCCC)s1. The Hall–Kier alpha value is -5.32. The van der Waals surface area contributed by atoms with Gasteiger partial charge in [-0.1, -0.05) is 114 Å². The zero-order valence-corrected chi connectivity index (χ0v) is 44.5. The second kappa shape index (κ2) is 23.8. The number of thiophene rings is 2. The van der Waals surface area contributed by atoms with Crippen LogP contribution in [0.1, 0.15) is 218 Å². The molecule has 2 N–H and O–H groups in total. The van der Waals surface area contributed by atoms with Crippen molar-refractivity contribution < 1.29 is 0 Å². The predicted molar refractivity (Wildman–Crippen MR) is 298 cm³/mol. The average Bonchev–Trinajstić information content (AvgIpc) is 4.21. The standard InChI is InChI=1S/C62H74N4S2/c1-12-23-25-27-31-40-35-42(14-3)67-61(40)62-41(32-28-26-24-13-2)36-43(68-62)33-29-30-34-52-59-50(21-10)48(19-8)57(65-59)38-55-46(17-6)44(15-4)53(63-55)37-54-45(16-5)47(18-7)56(64-54)39-58-49(20-9)51(22-11)60(52)66-58/h3,35-39,63-64H,12-13,15-28,31-32H2,1-2,4-11H3. The van der Waals surface area contributed by atoms with Crippen molar-refractivity contribution in [1.82, 2.24) is 19.9 Å². The largest absolute Gasteiger partial charge is 0.355 e. The lowest BCUT2D eigenvalue weighted by Gasteiger charge is -2.08. The van der Waals surface area contributed by atoms with E-state index in [1.165, 1.54) is 128 Å². The molecule has 0 atom stereocenters. The summed E-state index contributed by atoms with van der Waals surface area (Å²) < 4.78 is 0. The fraction of sp³-hybridized carbons (Fsp3) is 0.452. The molecule has 68 heavy (non-hydrogen) atoms. The summed E-state index contributed by atoms with van der Waals surface area (Å²) in [7, 11) is 0. The van der Waals surface area contributed by atoms with Crippen LogP contribution in [-0.4, -0.2) is 19.9 Å². The fourth-order valence-electron chi connectivity index (χ4n) is 10.7. The van der Waals surface area contributed by atoms with Crippen LogP contribution in [0.2, 0.25) is 0 Å². The smallest absolute Gasteiger partial charge is 0.0851 e. The van der Waals surface area contributed by atoms with E-state index in [2.05, 4.69) is 139 Å². The Kier molecular flexibility index (Phi) is 17.7. The number of hydrogen-bond acceptors (Lipinski definition) is 4. The molecule has 354 valence electrons. The molecule has 0 aromatic carbocycles. The van der Waals surface area contributed by atoms with Gasteiger partial charge in [-0.25, -0.2) is 9.97 Å². The zero-order valence-electron chi connectivity index (χ0n) is 42.9. The summed E-state index contributed by atoms with van der Waals surface area (Å²) in [4.78, 5) is 23.8. The molecule has 2 aliphatic heterocycles. The van der Waals surface area contributed by atoms with Crippen molar-refractivity contribution >= 4 is 67.0 Å². The van der Waals surface area contributed by atoms with Crippen molar-refractivity contribution in [2.45, 2.75) is 185 Å². The van der Waals surface area contributed by atoms with Gasteiger partial charge in [0, 0.05) is 31.8 Å². The first-order valence-corrected chi connectivity index (χ1v) is 27.9. The minimum absolute atomic E-state index is 0.844. The fourth-order valence-corrected chi connectivity index (χ4v) is 13.0. The third-order valence-corrected chi connectivity index (χ3v) is 16.5. The topological polar surface area (TPSA) is 57.4 Å². The summed E-state index contributed by atoms with van der Waals surface area (Å²) in [6, 6.07) is 11.6. The highest BCUT2D eigenvalue weighted by atomic mass is 32.1. The second-order valence-corrected chi connectivity index (χ2v) is 20.4. The summed E-state index contributed by atoms with van der Waals surface area (Å²) >= 11 is 3.58. The van der Waals surface area contributed by atoms with Crippen LogP contribution in [0.15, 0.2) is 30.3 Å². The lowest BCUT2D eigenvalue weighted by Crippen LogP contribution is -1.95. The molecule has 0 spiro atoms. The minimum atomic E-state index is 0.844. The zero-order chi connectivity index (χ0) is 48.3. The van der Waals surface area contributed by atoms with Gasteiger partial charge in [-0.3, -0.25) is 0 Å². The Morgan fingerprint density at radius 3 is 1.28 bits per heavy atom. The normalized spacial score (nSPS) is 12.4. The molecule has 0 radical (unpaired) electrons. The maximum atomic E-state index is 6.02. The molecule has 0 fully saturated rings. The first kappa shape index (κ1) is 50.6. The van der Waals surface area contributed by atoms with Crippen LogP contribution < -0.4 is 0 Å². The number of aromatic nitrogens is 4. The number of aromatic amines is 2. The van der Waals surface area contributed by atoms with Gasteiger partial charge in [0.1, 0.15) is 0 Å². The summed E-state index contributed by atoms with van der Waals surface area (Å²) in [5.74, 6) is 17.0. The van der Waals surface area contributed by atoms with Crippen molar-refractivity contribution in [2.75, 3.05) is 0 Å². The summed E-state index contributed by atoms with van der Waals surface area (Å²) in [5.41, 5.74) is 22.8. The molecule has 7 heterocycles. The van der Waals surface area contributed by atoms with E-state index in [0.717, 1.165) is 113 Å². The number of hydrogen-bond donors (Lipinski definition) is 2. The lowest BCUT2D eigenvalue weighted by atomic mass is 9.94. The molecule has 5 aromatic heterocycles. The first-order chi connectivity index (χ1) is 33.2. The maximum Gasteiger partial charge on any atom is 0.0851 e. The second-order valence-electron chi connectivity index (χ2n) is 18.3. The lowest BCUT2D eigenvalue weighted by molar-refractivity contribution is 0.666. The Bertz CT molecular complexity index is 2920. The Labute approximate surface area is 417 Å². The molecule has 0 aliphatic carbocycles. The Morgan fingerprint density at radius 1 is 0.456 bits per heavy atom. The molecule has 0 amide bonds. The van der Waals surface area contributed by atoms with Crippen LogP contribution >= 0.6 is 22.7 Å². The van der Waals surface area contributed by atoms with E-state index in [-0.39, 0.29) is 0 Å². The van der Waals surface area contributed by atoms with Crippen LogP contribution in [0.25, 0.3) is 54.1 Å². The molecule has 4 nitrogen and oxygen atoms in total. The van der Waals surface area contributed by atoms with E-state index >= 15 is 0 Å². The van der Waals surface area contributed by atoms with E-state index in [0.29, 0.717) is 0 Å². The molecule has 6 heteroatoms. The molecule has 2 aliphatic rings. The molecular weight excluding hydrogens is 865 g/mol. The summed E-state index contributed by atoms with van der Waals surface area (Å²) in [6.45, 7) is 22.7. The molecule has 7 rings (SSSR count). The molecule has 0 unspecified atom stereocenters. The van der Waals surface area contributed by atoms with Crippen LogP contribution in [0.3, 0.4) is 0 Å². The van der Waals surface area contributed by atoms with Crippen LogP contribution in [0, 0.1) is 36.0 Å². The summed E-state index contributed by atoms with van der Waals surface area (Å²) in [5, 5.41) is 0. The average molecular weight is 939 g/mol. The Morgan fingerprint density at radius 2 is 0.868 bits per heavy atom. The van der Waals surface area contributed by atoms with Gasteiger partial charge in [-0.05, 0) is 187 Å². The third-order valence-electron chi connectivity index (χ3n) is 14.1. The highest BCUT2D eigenvalue weighted by molar-refractivity contribution is 7.23. The first-order valence-electron chi connectivity index (χ1n) is 26.2. The number of nitrogens with one attached hydrogen (secondary N) is 2. The van der Waals surface area contributed by atoms with Gasteiger partial charge < -0.3 is 9.97 Å². The van der Waals surface area contributed by atoms with E-state index < -0.39 is 0 Å². The number of allylic oxidation sites excluding steroid dienone is 4. The van der Waals surface area contributed by atoms with Crippen molar-refractivity contribution in [1.29, 1.82) is 0 Å². The van der Waals surface area contributed by atoms with Gasteiger partial charge in [0.15, 0.2) is 0 Å². The van der Waals surface area contributed by atoms with E-state index in [1.807, 2.05) is 11.3 Å². The minimum Gasteiger partial charge on any atom is -0.355 e. The molecule has 8 bridgehead atoms. The van der Waals surface area contributed by atoms with Gasteiger partial charge in [0.2, 0.25) is 0 Å². The van der Waals surface area contributed by atoms with Gasteiger partial charge in [0.05, 0.1) is 38.1 Å². The van der Waals surface area contributed by atoms with Crippen molar-refractivity contribution in [2.24, 2.45) is 0 Å². The van der Waals surface area contributed by atoms with Gasteiger partial charge in [-0.15, -0.1) is 29.1 Å². The number of terminal acetylenes is 1. The highest BCUT2D eigenvalue weighted by Crippen LogP contribution is 2.43. The highest BCUT2D eigenvalue weighted by Gasteiger charge is 2.27. The van der Waals surface area contributed by atoms with Gasteiger partial charge in [0.25, 0.3) is 0 Å². The number of nitrogens with zero attached hydrogens (tertiary/aromatic N) is 2. The van der Waals surface area contributed by atoms with E-state index in [9.17, 15) is 0 Å². The summed E-state index contributed by atoms with van der Waals surface area (Å²) in [6.07, 6.45) is 25.2. The number of H-pyrrole nitrogens is 2. The molecule has 5 aromatic rings. The van der Waals surface area contributed by atoms with Gasteiger partial charge >= 0.3 is 0 Å². The number of fused-ring (bicyclic) bond motifs is 8. The quantitative estimate of drug-likeness (QED) is 0.0640. The van der Waals surface area contributed by atoms with Crippen molar-refractivity contribution in [3.63, 3.8) is 0 Å². The van der Waals surface area contributed by atoms with Crippen LogP contribution in [0.5, 0.6) is 0 Å². The monoisotopic (exact) mass is 939 g/mol. The predicted octanol–water partition coefficient (Wildman–Crippen LogP) is 17.4. The number of unbranched alkanes of at least 4 members (excludes halogenated alkanes) is 6. The third kappa shape index (κ3) is 10.5. The van der Waals surface area contributed by atoms with E-state index in [1.54, 1.807) is 11.3 Å². The number of aryl methyl sites for hydroxylation is 6. The van der Waals surface area contributed by atoms with Crippen LogP contribution in [0.4, 0.5) is 0 Å².